The monoisotopic (exact) mass is 497 g/mol. The molecular weight excluding hydrogens is 469 g/mol. The number of sulfonamides is 1. The first kappa shape index (κ1) is 25.9. The molecule has 7 nitrogen and oxygen atoms in total. The fraction of sp³-hybridized carbons (Fsp3) is 0.231. The van der Waals surface area contributed by atoms with Crippen LogP contribution in [0.3, 0.4) is 0 Å². The number of nitrogens with zero attached hydrogens (tertiary/aromatic N) is 1. The number of hydrogen-bond acceptors (Lipinski definition) is 4. The Kier molecular flexibility index (Phi) is 8.24. The Bertz CT molecular complexity index is 1280. The Morgan fingerprint density at radius 3 is 2.14 bits per heavy atom. The molecule has 9 heteroatoms. The van der Waals surface area contributed by atoms with Gasteiger partial charge < -0.3 is 10.6 Å². The molecule has 3 aromatic rings. The second-order valence-corrected chi connectivity index (χ2v) is 9.96. The van der Waals surface area contributed by atoms with Gasteiger partial charge in [0.25, 0.3) is 5.91 Å². The molecule has 184 valence electrons. The molecule has 2 atom stereocenters. The number of carbonyl (C=O) groups excluding carboxylic acids is 2. The van der Waals surface area contributed by atoms with Crippen molar-refractivity contribution in [3.63, 3.8) is 0 Å². The number of benzene rings is 3. The number of halogens is 1. The summed E-state index contributed by atoms with van der Waals surface area (Å²) >= 11 is 0. The molecule has 0 spiro atoms. The standard InChI is InChI=1S/C26H28FN3O4S/c1-4-24(30(35(3,33)34)21-16-14-20(27)15-17-21)26(32)29-23-13-9-8-12-22(23)25(31)28-18(2)19-10-6-5-7-11-19/h5-18,24H,4H2,1-3H3,(H,28,31)(H,29,32). The molecule has 0 heterocycles. The van der Waals surface area contributed by atoms with Gasteiger partial charge in [-0.3, -0.25) is 13.9 Å². The third kappa shape index (κ3) is 6.45. The second kappa shape index (κ2) is 11.1. The van der Waals surface area contributed by atoms with Gasteiger partial charge in [0.1, 0.15) is 11.9 Å². The van der Waals surface area contributed by atoms with Crippen molar-refractivity contribution in [1.82, 2.24) is 5.32 Å². The van der Waals surface area contributed by atoms with Gasteiger partial charge in [0.15, 0.2) is 0 Å². The van der Waals surface area contributed by atoms with Crippen molar-refractivity contribution in [3.8, 4) is 0 Å². The van der Waals surface area contributed by atoms with Crippen LogP contribution in [0.4, 0.5) is 15.8 Å². The average molecular weight is 498 g/mol. The highest BCUT2D eigenvalue weighted by Gasteiger charge is 2.32. The third-order valence-electron chi connectivity index (χ3n) is 5.49. The number of carbonyl (C=O) groups is 2. The predicted octanol–water partition coefficient (Wildman–Crippen LogP) is 4.50. The molecule has 3 rings (SSSR count). The van der Waals surface area contributed by atoms with E-state index < -0.39 is 27.8 Å². The van der Waals surface area contributed by atoms with E-state index in [-0.39, 0.29) is 35.3 Å². The highest BCUT2D eigenvalue weighted by atomic mass is 32.2. The summed E-state index contributed by atoms with van der Waals surface area (Å²) < 4.78 is 39.6. The number of hydrogen-bond donors (Lipinski definition) is 2. The topological polar surface area (TPSA) is 95.6 Å². The average Bonchev–Trinajstić information content (AvgIpc) is 2.83. The summed E-state index contributed by atoms with van der Waals surface area (Å²) in [6.07, 6.45) is 1.13. The van der Waals surface area contributed by atoms with E-state index in [1.807, 2.05) is 37.3 Å². The van der Waals surface area contributed by atoms with Crippen molar-refractivity contribution in [2.75, 3.05) is 15.9 Å². The van der Waals surface area contributed by atoms with Crippen molar-refractivity contribution < 1.29 is 22.4 Å². The molecule has 0 aliphatic rings. The minimum absolute atomic E-state index is 0.148. The Morgan fingerprint density at radius 2 is 1.54 bits per heavy atom. The van der Waals surface area contributed by atoms with E-state index >= 15 is 0 Å². The van der Waals surface area contributed by atoms with E-state index in [9.17, 15) is 22.4 Å². The zero-order chi connectivity index (χ0) is 25.6. The maximum absolute atomic E-state index is 13.4. The summed E-state index contributed by atoms with van der Waals surface area (Å²) in [7, 11) is -3.88. The Labute approximate surface area is 205 Å². The first-order valence-electron chi connectivity index (χ1n) is 11.1. The fourth-order valence-electron chi connectivity index (χ4n) is 3.75. The lowest BCUT2D eigenvalue weighted by Gasteiger charge is -2.30. The summed E-state index contributed by atoms with van der Waals surface area (Å²) in [6, 6.07) is 19.4. The van der Waals surface area contributed by atoms with Crippen LogP contribution in [-0.4, -0.2) is 32.5 Å². The van der Waals surface area contributed by atoms with Gasteiger partial charge in [0.2, 0.25) is 15.9 Å². The van der Waals surface area contributed by atoms with Crippen molar-refractivity contribution in [3.05, 3.63) is 95.8 Å². The number of nitrogens with one attached hydrogen (secondary N) is 2. The van der Waals surface area contributed by atoms with Crippen molar-refractivity contribution >= 4 is 33.2 Å². The van der Waals surface area contributed by atoms with Crippen molar-refractivity contribution in [1.29, 1.82) is 0 Å². The highest BCUT2D eigenvalue weighted by Crippen LogP contribution is 2.25. The summed E-state index contributed by atoms with van der Waals surface area (Å²) in [5.74, 6) is -1.52. The molecule has 2 N–H and O–H groups in total. The fourth-order valence-corrected chi connectivity index (χ4v) is 4.97. The molecule has 2 amide bonds. The lowest BCUT2D eigenvalue weighted by Crippen LogP contribution is -2.47. The molecular formula is C26H28FN3O4S. The van der Waals surface area contributed by atoms with Crippen LogP contribution < -0.4 is 14.9 Å². The molecule has 0 radical (unpaired) electrons. The summed E-state index contributed by atoms with van der Waals surface area (Å²) in [5.41, 5.74) is 1.59. The summed E-state index contributed by atoms with van der Waals surface area (Å²) in [6.45, 7) is 3.53. The van der Waals surface area contributed by atoms with Gasteiger partial charge >= 0.3 is 0 Å². The minimum atomic E-state index is -3.88. The Morgan fingerprint density at radius 1 is 0.943 bits per heavy atom. The normalized spacial score (nSPS) is 12.9. The molecule has 0 fully saturated rings. The first-order valence-corrected chi connectivity index (χ1v) is 13.0. The van der Waals surface area contributed by atoms with Crippen LogP contribution in [0.25, 0.3) is 0 Å². The van der Waals surface area contributed by atoms with E-state index in [1.54, 1.807) is 31.2 Å². The maximum Gasteiger partial charge on any atom is 0.253 e. The van der Waals surface area contributed by atoms with E-state index in [1.165, 1.54) is 12.1 Å². The molecule has 0 aromatic heterocycles. The third-order valence-corrected chi connectivity index (χ3v) is 6.67. The quantitative estimate of drug-likeness (QED) is 0.455. The Hall–Kier alpha value is -3.72. The van der Waals surface area contributed by atoms with Crippen LogP contribution in [0.2, 0.25) is 0 Å². The van der Waals surface area contributed by atoms with Gasteiger partial charge in [-0.05, 0) is 55.3 Å². The van der Waals surface area contributed by atoms with E-state index in [0.29, 0.717) is 0 Å². The summed E-state index contributed by atoms with van der Waals surface area (Å²) in [4.78, 5) is 26.3. The van der Waals surface area contributed by atoms with Crippen molar-refractivity contribution in [2.45, 2.75) is 32.4 Å². The van der Waals surface area contributed by atoms with Gasteiger partial charge in [0, 0.05) is 0 Å². The van der Waals surface area contributed by atoms with Crippen LogP contribution in [0, 0.1) is 5.82 Å². The predicted molar refractivity (Wildman–Crippen MR) is 135 cm³/mol. The lowest BCUT2D eigenvalue weighted by molar-refractivity contribution is -0.117. The smallest absolute Gasteiger partial charge is 0.253 e. The van der Waals surface area contributed by atoms with Crippen LogP contribution >= 0.6 is 0 Å². The highest BCUT2D eigenvalue weighted by molar-refractivity contribution is 7.92. The molecule has 0 bridgehead atoms. The van der Waals surface area contributed by atoms with Crippen LogP contribution in [0.5, 0.6) is 0 Å². The summed E-state index contributed by atoms with van der Waals surface area (Å²) in [5, 5.41) is 5.62. The maximum atomic E-state index is 13.4. The molecule has 2 unspecified atom stereocenters. The number of anilines is 2. The second-order valence-electron chi connectivity index (χ2n) is 8.10. The van der Waals surface area contributed by atoms with Crippen LogP contribution in [0.1, 0.15) is 42.2 Å². The Balaban J connectivity index is 1.85. The van der Waals surface area contributed by atoms with Crippen molar-refractivity contribution in [2.24, 2.45) is 0 Å². The minimum Gasteiger partial charge on any atom is -0.345 e. The molecule has 0 aliphatic carbocycles. The number of amides is 2. The zero-order valence-corrected chi connectivity index (χ0v) is 20.6. The lowest BCUT2D eigenvalue weighted by atomic mass is 10.1. The van der Waals surface area contributed by atoms with Crippen LogP contribution in [0.15, 0.2) is 78.9 Å². The van der Waals surface area contributed by atoms with Gasteiger partial charge in [-0.2, -0.15) is 0 Å². The van der Waals surface area contributed by atoms with E-state index in [2.05, 4.69) is 10.6 Å². The SMILES string of the molecule is CCC(C(=O)Nc1ccccc1C(=O)NC(C)c1ccccc1)N(c1ccc(F)cc1)S(C)(=O)=O. The number of rotatable bonds is 9. The number of para-hydroxylation sites is 1. The zero-order valence-electron chi connectivity index (χ0n) is 19.7. The first-order chi connectivity index (χ1) is 16.6. The molecule has 3 aromatic carbocycles. The molecule has 0 saturated carbocycles. The molecule has 0 saturated heterocycles. The van der Waals surface area contributed by atoms with Crippen LogP contribution in [-0.2, 0) is 14.8 Å². The molecule has 0 aliphatic heterocycles. The largest absolute Gasteiger partial charge is 0.345 e. The van der Waals surface area contributed by atoms with Gasteiger partial charge in [0.05, 0.1) is 29.2 Å². The van der Waals surface area contributed by atoms with Gasteiger partial charge in [-0.1, -0.05) is 49.4 Å². The van der Waals surface area contributed by atoms with E-state index in [4.69, 9.17) is 0 Å². The van der Waals surface area contributed by atoms with Gasteiger partial charge in [-0.15, -0.1) is 0 Å². The molecule has 35 heavy (non-hydrogen) atoms. The van der Waals surface area contributed by atoms with Gasteiger partial charge in [-0.25, -0.2) is 12.8 Å². The van der Waals surface area contributed by atoms with E-state index in [0.717, 1.165) is 28.3 Å².